The van der Waals surface area contributed by atoms with Crippen molar-refractivity contribution < 1.29 is 9.13 Å². The topological polar surface area (TPSA) is 45.7 Å². The van der Waals surface area contributed by atoms with Gasteiger partial charge in [-0.05, 0) is 56.9 Å². The Labute approximate surface area is 125 Å². The molecule has 1 aliphatic carbocycles. The van der Waals surface area contributed by atoms with E-state index in [1.54, 1.807) is 12.1 Å². The Hall–Kier alpha value is -1.78. The molecule has 1 aliphatic rings. The summed E-state index contributed by atoms with van der Waals surface area (Å²) in [7, 11) is 0. The SMILES string of the molecule is CCNC(=NCC(C)Oc1ccc(F)cc1)NCC1CC1. The molecule has 0 radical (unpaired) electrons. The first-order valence-electron chi connectivity index (χ1n) is 7.61. The van der Waals surface area contributed by atoms with Crippen LogP contribution in [0.4, 0.5) is 4.39 Å². The van der Waals surface area contributed by atoms with Crippen LogP contribution in [0.15, 0.2) is 29.3 Å². The van der Waals surface area contributed by atoms with Crippen molar-refractivity contribution in [3.8, 4) is 5.75 Å². The molecule has 1 unspecified atom stereocenters. The predicted molar refractivity (Wildman–Crippen MR) is 83.2 cm³/mol. The minimum Gasteiger partial charge on any atom is -0.489 e. The first-order chi connectivity index (χ1) is 10.2. The molecule has 0 aromatic heterocycles. The van der Waals surface area contributed by atoms with Crippen molar-refractivity contribution in [2.45, 2.75) is 32.8 Å². The number of guanidine groups is 1. The summed E-state index contributed by atoms with van der Waals surface area (Å²) in [4.78, 5) is 4.52. The molecule has 0 saturated heterocycles. The number of nitrogens with one attached hydrogen (secondary N) is 2. The molecule has 5 heteroatoms. The second-order valence-corrected chi connectivity index (χ2v) is 5.43. The van der Waals surface area contributed by atoms with Crippen LogP contribution in [0.5, 0.6) is 5.75 Å². The lowest BCUT2D eigenvalue weighted by Crippen LogP contribution is -2.39. The second kappa shape index (κ2) is 7.86. The average molecular weight is 293 g/mol. The lowest BCUT2D eigenvalue weighted by molar-refractivity contribution is 0.230. The summed E-state index contributed by atoms with van der Waals surface area (Å²) >= 11 is 0. The summed E-state index contributed by atoms with van der Waals surface area (Å²) in [6, 6.07) is 6.05. The van der Waals surface area contributed by atoms with Gasteiger partial charge >= 0.3 is 0 Å². The van der Waals surface area contributed by atoms with E-state index in [-0.39, 0.29) is 11.9 Å². The highest BCUT2D eigenvalue weighted by Crippen LogP contribution is 2.27. The van der Waals surface area contributed by atoms with E-state index >= 15 is 0 Å². The Morgan fingerprint density at radius 3 is 2.67 bits per heavy atom. The van der Waals surface area contributed by atoms with E-state index in [1.807, 2.05) is 13.8 Å². The molecule has 1 aromatic rings. The molecule has 0 bridgehead atoms. The lowest BCUT2D eigenvalue weighted by atomic mass is 10.3. The first-order valence-corrected chi connectivity index (χ1v) is 7.61. The van der Waals surface area contributed by atoms with Crippen molar-refractivity contribution in [1.29, 1.82) is 0 Å². The van der Waals surface area contributed by atoms with Crippen LogP contribution >= 0.6 is 0 Å². The molecule has 4 nitrogen and oxygen atoms in total. The zero-order chi connectivity index (χ0) is 15.1. The largest absolute Gasteiger partial charge is 0.489 e. The van der Waals surface area contributed by atoms with Gasteiger partial charge in [0.15, 0.2) is 5.96 Å². The fourth-order valence-corrected chi connectivity index (χ4v) is 1.91. The van der Waals surface area contributed by atoms with Gasteiger partial charge < -0.3 is 15.4 Å². The van der Waals surface area contributed by atoms with Crippen molar-refractivity contribution in [3.05, 3.63) is 30.1 Å². The van der Waals surface area contributed by atoms with E-state index in [9.17, 15) is 4.39 Å². The minimum atomic E-state index is -0.258. The standard InChI is InChI=1S/C16H24FN3O/c1-3-18-16(20-11-13-4-5-13)19-10-12(2)21-15-8-6-14(17)7-9-15/h6-9,12-13H,3-5,10-11H2,1-2H3,(H2,18,19,20). The highest BCUT2D eigenvalue weighted by Gasteiger charge is 2.21. The minimum absolute atomic E-state index is 0.0631. The summed E-state index contributed by atoms with van der Waals surface area (Å²) in [6.07, 6.45) is 2.57. The number of ether oxygens (including phenoxy) is 1. The summed E-state index contributed by atoms with van der Waals surface area (Å²) in [5.41, 5.74) is 0. The van der Waals surface area contributed by atoms with Crippen LogP contribution < -0.4 is 15.4 Å². The van der Waals surface area contributed by atoms with Gasteiger partial charge in [0, 0.05) is 13.1 Å². The zero-order valence-corrected chi connectivity index (χ0v) is 12.7. The Morgan fingerprint density at radius 2 is 2.05 bits per heavy atom. The Kier molecular flexibility index (Phi) is 5.84. The van der Waals surface area contributed by atoms with Crippen molar-refractivity contribution in [3.63, 3.8) is 0 Å². The van der Waals surface area contributed by atoms with Crippen LogP contribution in [0.25, 0.3) is 0 Å². The smallest absolute Gasteiger partial charge is 0.191 e. The van der Waals surface area contributed by atoms with Crippen LogP contribution in [0.2, 0.25) is 0 Å². The monoisotopic (exact) mass is 293 g/mol. The van der Waals surface area contributed by atoms with Gasteiger partial charge in [-0.2, -0.15) is 0 Å². The van der Waals surface area contributed by atoms with E-state index in [0.29, 0.717) is 12.3 Å². The molecule has 2 rings (SSSR count). The maximum atomic E-state index is 12.8. The van der Waals surface area contributed by atoms with Gasteiger partial charge in [-0.3, -0.25) is 0 Å². The Bertz CT molecular complexity index is 457. The van der Waals surface area contributed by atoms with E-state index in [4.69, 9.17) is 4.74 Å². The van der Waals surface area contributed by atoms with Gasteiger partial charge in [0.25, 0.3) is 0 Å². The van der Waals surface area contributed by atoms with Gasteiger partial charge in [0.2, 0.25) is 0 Å². The molecule has 1 saturated carbocycles. The number of rotatable bonds is 7. The fourth-order valence-electron chi connectivity index (χ4n) is 1.91. The van der Waals surface area contributed by atoms with E-state index in [2.05, 4.69) is 15.6 Å². The first kappa shape index (κ1) is 15.6. The highest BCUT2D eigenvalue weighted by molar-refractivity contribution is 5.79. The third kappa shape index (κ3) is 6.02. The molecule has 1 atom stereocenters. The summed E-state index contributed by atoms with van der Waals surface area (Å²) in [5, 5.41) is 6.57. The van der Waals surface area contributed by atoms with Gasteiger partial charge in [-0.1, -0.05) is 0 Å². The highest BCUT2D eigenvalue weighted by atomic mass is 19.1. The maximum absolute atomic E-state index is 12.8. The van der Waals surface area contributed by atoms with Crippen molar-refractivity contribution in [1.82, 2.24) is 10.6 Å². The lowest BCUT2D eigenvalue weighted by Gasteiger charge is -2.15. The molecule has 1 fully saturated rings. The van der Waals surface area contributed by atoms with Crippen LogP contribution in [0, 0.1) is 11.7 Å². The van der Waals surface area contributed by atoms with Gasteiger partial charge in [0.1, 0.15) is 17.7 Å². The average Bonchev–Trinajstić information content (AvgIpc) is 3.29. The molecule has 21 heavy (non-hydrogen) atoms. The molecule has 0 spiro atoms. The van der Waals surface area contributed by atoms with Crippen molar-refractivity contribution >= 4 is 5.96 Å². The third-order valence-corrected chi connectivity index (χ3v) is 3.26. The molecular formula is C16H24FN3O. The van der Waals surface area contributed by atoms with E-state index < -0.39 is 0 Å². The van der Waals surface area contributed by atoms with Gasteiger partial charge in [-0.25, -0.2) is 9.38 Å². The second-order valence-electron chi connectivity index (χ2n) is 5.43. The quantitative estimate of drug-likeness (QED) is 0.600. The number of nitrogens with zero attached hydrogens (tertiary/aromatic N) is 1. The number of halogens is 1. The van der Waals surface area contributed by atoms with E-state index in [1.165, 1.54) is 25.0 Å². The van der Waals surface area contributed by atoms with Crippen LogP contribution in [0.3, 0.4) is 0 Å². The predicted octanol–water partition coefficient (Wildman–Crippen LogP) is 2.56. The van der Waals surface area contributed by atoms with Crippen molar-refractivity contribution in [2.75, 3.05) is 19.6 Å². The molecule has 116 valence electrons. The third-order valence-electron chi connectivity index (χ3n) is 3.26. The van der Waals surface area contributed by atoms with Crippen LogP contribution in [0.1, 0.15) is 26.7 Å². The Balaban J connectivity index is 1.79. The maximum Gasteiger partial charge on any atom is 0.191 e. The summed E-state index contributed by atoms with van der Waals surface area (Å²) in [5.74, 6) is 2.04. The summed E-state index contributed by atoms with van der Waals surface area (Å²) in [6.45, 7) is 6.38. The molecule has 0 aliphatic heterocycles. The van der Waals surface area contributed by atoms with Crippen LogP contribution in [-0.2, 0) is 0 Å². The van der Waals surface area contributed by atoms with E-state index in [0.717, 1.165) is 25.0 Å². The number of aliphatic imine (C=N–C) groups is 1. The Morgan fingerprint density at radius 1 is 1.33 bits per heavy atom. The number of hydrogen-bond acceptors (Lipinski definition) is 2. The molecule has 2 N–H and O–H groups in total. The molecular weight excluding hydrogens is 269 g/mol. The molecule has 0 heterocycles. The van der Waals surface area contributed by atoms with Crippen molar-refractivity contribution in [2.24, 2.45) is 10.9 Å². The van der Waals surface area contributed by atoms with Gasteiger partial charge in [0.05, 0.1) is 6.54 Å². The molecule has 0 amide bonds. The van der Waals surface area contributed by atoms with Gasteiger partial charge in [-0.15, -0.1) is 0 Å². The zero-order valence-electron chi connectivity index (χ0n) is 12.7. The normalized spacial score (nSPS) is 16.4. The summed E-state index contributed by atoms with van der Waals surface area (Å²) < 4.78 is 18.5. The number of hydrogen-bond donors (Lipinski definition) is 2. The van der Waals surface area contributed by atoms with Crippen LogP contribution in [-0.4, -0.2) is 31.7 Å². The molecule has 1 aromatic carbocycles. The fraction of sp³-hybridized carbons (Fsp3) is 0.562. The number of benzene rings is 1.